The first-order valence-electron chi connectivity index (χ1n) is 6.70. The van der Waals surface area contributed by atoms with Crippen LogP contribution < -0.4 is 0 Å². The third-order valence-electron chi connectivity index (χ3n) is 3.13. The zero-order valence-corrected chi connectivity index (χ0v) is 11.0. The topological polar surface area (TPSA) is 57.5 Å². The van der Waals surface area contributed by atoms with Gasteiger partial charge in [0.15, 0.2) is 0 Å². The number of hydrogen-bond donors (Lipinski definition) is 2. The number of benzene rings is 1. The zero-order valence-electron chi connectivity index (χ0n) is 11.0. The van der Waals surface area contributed by atoms with Crippen LogP contribution in [0.15, 0.2) is 18.2 Å². The second-order valence-corrected chi connectivity index (χ2v) is 4.67. The van der Waals surface area contributed by atoms with E-state index in [2.05, 4.69) is 6.92 Å². The van der Waals surface area contributed by atoms with Gasteiger partial charge >= 0.3 is 5.97 Å². The quantitative estimate of drug-likeness (QED) is 0.686. The van der Waals surface area contributed by atoms with E-state index in [1.165, 1.54) is 37.8 Å². The normalized spacial score (nSPS) is 10.5. The van der Waals surface area contributed by atoms with Crippen LogP contribution in [0.2, 0.25) is 0 Å². The molecule has 0 aliphatic heterocycles. The summed E-state index contributed by atoms with van der Waals surface area (Å²) in [5, 5.41) is 18.6. The maximum Gasteiger partial charge on any atom is 0.335 e. The number of unbranched alkanes of at least 4 members (excludes halogenated alkanes) is 5. The summed E-state index contributed by atoms with van der Waals surface area (Å²) in [6, 6.07) is 4.47. The Morgan fingerprint density at radius 3 is 2.44 bits per heavy atom. The largest absolute Gasteiger partial charge is 0.508 e. The Kier molecular flexibility index (Phi) is 6.26. The second kappa shape index (κ2) is 7.75. The highest BCUT2D eigenvalue weighted by atomic mass is 16.4. The fraction of sp³-hybridized carbons (Fsp3) is 0.533. The highest BCUT2D eigenvalue weighted by molar-refractivity contribution is 5.88. The van der Waals surface area contributed by atoms with Gasteiger partial charge in [-0.25, -0.2) is 4.79 Å². The van der Waals surface area contributed by atoms with Crippen LogP contribution in [0.3, 0.4) is 0 Å². The van der Waals surface area contributed by atoms with Gasteiger partial charge in [-0.1, -0.05) is 39.0 Å². The number of aromatic hydroxyl groups is 1. The molecule has 0 spiro atoms. The Balaban J connectivity index is 2.41. The molecule has 0 saturated heterocycles. The van der Waals surface area contributed by atoms with Crippen LogP contribution in [0.1, 0.15) is 61.4 Å². The first-order valence-corrected chi connectivity index (χ1v) is 6.70. The average molecular weight is 250 g/mol. The molecule has 100 valence electrons. The van der Waals surface area contributed by atoms with Crippen molar-refractivity contribution in [2.75, 3.05) is 0 Å². The van der Waals surface area contributed by atoms with Gasteiger partial charge in [0.25, 0.3) is 0 Å². The molecule has 0 bridgehead atoms. The first-order chi connectivity index (χ1) is 8.65. The molecule has 0 aliphatic carbocycles. The highest BCUT2D eigenvalue weighted by Gasteiger charge is 2.07. The summed E-state index contributed by atoms with van der Waals surface area (Å²) >= 11 is 0. The summed E-state index contributed by atoms with van der Waals surface area (Å²) in [6.45, 7) is 2.19. The lowest BCUT2D eigenvalue weighted by atomic mass is 10.0. The predicted octanol–water partition coefficient (Wildman–Crippen LogP) is 3.99. The lowest BCUT2D eigenvalue weighted by Crippen LogP contribution is -1.98. The lowest BCUT2D eigenvalue weighted by Gasteiger charge is -2.06. The fourth-order valence-corrected chi connectivity index (χ4v) is 2.01. The molecule has 0 heterocycles. The molecule has 0 aromatic heterocycles. The van der Waals surface area contributed by atoms with Crippen LogP contribution in [-0.2, 0) is 6.42 Å². The molecule has 1 aromatic carbocycles. The van der Waals surface area contributed by atoms with Crippen LogP contribution >= 0.6 is 0 Å². The van der Waals surface area contributed by atoms with E-state index in [-0.39, 0.29) is 11.3 Å². The maximum atomic E-state index is 10.8. The minimum absolute atomic E-state index is 0.202. The summed E-state index contributed by atoms with van der Waals surface area (Å²) in [7, 11) is 0. The Morgan fingerprint density at radius 1 is 1.11 bits per heavy atom. The summed E-state index contributed by atoms with van der Waals surface area (Å²) in [5.41, 5.74) is 0.985. The van der Waals surface area contributed by atoms with Gasteiger partial charge in [0.1, 0.15) is 5.75 Å². The van der Waals surface area contributed by atoms with E-state index in [0.717, 1.165) is 24.8 Å². The minimum atomic E-state index is -0.945. The Morgan fingerprint density at radius 2 is 1.78 bits per heavy atom. The Bertz CT molecular complexity index is 385. The molecule has 0 amide bonds. The van der Waals surface area contributed by atoms with E-state index in [0.29, 0.717) is 0 Å². The number of phenolic OH excluding ortho intramolecular Hbond substituents is 1. The smallest absolute Gasteiger partial charge is 0.335 e. The molecule has 3 heteroatoms. The highest BCUT2D eigenvalue weighted by Crippen LogP contribution is 2.21. The van der Waals surface area contributed by atoms with Crippen LogP contribution in [0, 0.1) is 0 Å². The molecule has 18 heavy (non-hydrogen) atoms. The van der Waals surface area contributed by atoms with E-state index in [4.69, 9.17) is 5.11 Å². The molecule has 0 unspecified atom stereocenters. The fourth-order valence-electron chi connectivity index (χ4n) is 2.01. The Labute approximate surface area is 108 Å². The molecular weight excluding hydrogens is 228 g/mol. The Hall–Kier alpha value is -1.51. The third-order valence-corrected chi connectivity index (χ3v) is 3.13. The monoisotopic (exact) mass is 250 g/mol. The minimum Gasteiger partial charge on any atom is -0.508 e. The molecule has 0 fully saturated rings. The van der Waals surface area contributed by atoms with Crippen molar-refractivity contribution >= 4 is 5.97 Å². The standard InChI is InChI=1S/C15H22O3/c1-2-3-4-5-6-7-8-12-11-13(15(17)18)9-10-14(12)16/h9-11,16H,2-8H2,1H3,(H,17,18). The van der Waals surface area contributed by atoms with Crippen molar-refractivity contribution in [2.45, 2.75) is 51.9 Å². The molecular formula is C15H22O3. The molecule has 3 nitrogen and oxygen atoms in total. The van der Waals surface area contributed by atoms with Crippen LogP contribution in [0.25, 0.3) is 0 Å². The first kappa shape index (κ1) is 14.6. The van der Waals surface area contributed by atoms with Crippen LogP contribution in [0.5, 0.6) is 5.75 Å². The van der Waals surface area contributed by atoms with Crippen LogP contribution in [-0.4, -0.2) is 16.2 Å². The number of phenols is 1. The summed E-state index contributed by atoms with van der Waals surface area (Å²) in [4.78, 5) is 10.8. The van der Waals surface area contributed by atoms with Crippen molar-refractivity contribution in [1.29, 1.82) is 0 Å². The van der Waals surface area contributed by atoms with E-state index >= 15 is 0 Å². The molecule has 2 N–H and O–H groups in total. The van der Waals surface area contributed by atoms with Gasteiger partial charge in [0.2, 0.25) is 0 Å². The van der Waals surface area contributed by atoms with Crippen molar-refractivity contribution in [3.63, 3.8) is 0 Å². The maximum absolute atomic E-state index is 10.8. The van der Waals surface area contributed by atoms with Crippen molar-refractivity contribution in [2.24, 2.45) is 0 Å². The SMILES string of the molecule is CCCCCCCCc1cc(C(=O)O)ccc1O. The molecule has 0 saturated carbocycles. The number of aryl methyl sites for hydroxylation is 1. The van der Waals surface area contributed by atoms with Gasteiger partial charge < -0.3 is 10.2 Å². The number of carbonyl (C=O) groups is 1. The summed E-state index contributed by atoms with van der Waals surface area (Å²) < 4.78 is 0. The van der Waals surface area contributed by atoms with Gasteiger partial charge in [-0.15, -0.1) is 0 Å². The molecule has 0 radical (unpaired) electrons. The number of carboxylic acids is 1. The van der Waals surface area contributed by atoms with Crippen molar-refractivity contribution < 1.29 is 15.0 Å². The van der Waals surface area contributed by atoms with Gasteiger partial charge in [-0.05, 0) is 36.6 Å². The third kappa shape index (κ3) is 4.78. The van der Waals surface area contributed by atoms with E-state index in [9.17, 15) is 9.90 Å². The van der Waals surface area contributed by atoms with E-state index in [1.54, 1.807) is 6.07 Å². The van der Waals surface area contributed by atoms with Crippen molar-refractivity contribution in [3.05, 3.63) is 29.3 Å². The van der Waals surface area contributed by atoms with Crippen molar-refractivity contribution in [1.82, 2.24) is 0 Å². The number of aromatic carboxylic acids is 1. The number of rotatable bonds is 8. The van der Waals surface area contributed by atoms with E-state index < -0.39 is 5.97 Å². The second-order valence-electron chi connectivity index (χ2n) is 4.67. The van der Waals surface area contributed by atoms with Gasteiger partial charge in [-0.3, -0.25) is 0 Å². The molecule has 1 rings (SSSR count). The van der Waals surface area contributed by atoms with Gasteiger partial charge in [0.05, 0.1) is 5.56 Å². The van der Waals surface area contributed by atoms with Crippen LogP contribution in [0.4, 0.5) is 0 Å². The number of carboxylic acid groups (broad SMARTS) is 1. The van der Waals surface area contributed by atoms with Gasteiger partial charge in [0, 0.05) is 0 Å². The van der Waals surface area contributed by atoms with Crippen molar-refractivity contribution in [3.8, 4) is 5.75 Å². The average Bonchev–Trinajstić information content (AvgIpc) is 2.35. The van der Waals surface area contributed by atoms with Gasteiger partial charge in [-0.2, -0.15) is 0 Å². The summed E-state index contributed by atoms with van der Waals surface area (Å²) in [6.07, 6.45) is 7.88. The molecule has 0 atom stereocenters. The number of hydrogen-bond acceptors (Lipinski definition) is 2. The lowest BCUT2D eigenvalue weighted by molar-refractivity contribution is 0.0696. The van der Waals surface area contributed by atoms with E-state index in [1.807, 2.05) is 0 Å². The summed E-state index contributed by atoms with van der Waals surface area (Å²) in [5.74, 6) is -0.743. The predicted molar refractivity (Wildman–Crippen MR) is 72.1 cm³/mol. The molecule has 0 aliphatic rings. The zero-order chi connectivity index (χ0) is 13.4. The molecule has 1 aromatic rings.